The summed E-state index contributed by atoms with van der Waals surface area (Å²) in [4.78, 5) is 31.5. The maximum Gasteiger partial charge on any atom is 0.251 e. The zero-order valence-electron chi connectivity index (χ0n) is 19.1. The van der Waals surface area contributed by atoms with Crippen LogP contribution in [0.25, 0.3) is 0 Å². The summed E-state index contributed by atoms with van der Waals surface area (Å²) >= 11 is 0. The van der Waals surface area contributed by atoms with E-state index in [0.717, 1.165) is 0 Å². The molecule has 1 aromatic heterocycles. The Balaban J connectivity index is 1.63. The van der Waals surface area contributed by atoms with Gasteiger partial charge >= 0.3 is 0 Å². The molecule has 0 saturated carbocycles. The van der Waals surface area contributed by atoms with E-state index in [1.165, 1.54) is 22.8 Å². The second-order valence-electron chi connectivity index (χ2n) is 8.07. The van der Waals surface area contributed by atoms with Crippen molar-refractivity contribution in [3.63, 3.8) is 0 Å². The van der Waals surface area contributed by atoms with Gasteiger partial charge in [-0.15, -0.1) is 0 Å². The SMILES string of the molecule is CCOc1ccc(C(=O)NC(C(=O)N2CCN(S(=O)(=O)c3cccnc3)CC2)C(C)C)cc1. The molecule has 1 fully saturated rings. The molecule has 178 valence electrons. The van der Waals surface area contributed by atoms with Crippen LogP contribution in [0.3, 0.4) is 0 Å². The molecule has 9 nitrogen and oxygen atoms in total. The predicted molar refractivity (Wildman–Crippen MR) is 123 cm³/mol. The van der Waals surface area contributed by atoms with Gasteiger partial charge in [-0.2, -0.15) is 4.31 Å². The summed E-state index contributed by atoms with van der Waals surface area (Å²) in [5, 5.41) is 2.84. The molecule has 1 N–H and O–H groups in total. The van der Waals surface area contributed by atoms with Crippen LogP contribution in [0.2, 0.25) is 0 Å². The zero-order valence-corrected chi connectivity index (χ0v) is 19.9. The predicted octanol–water partition coefficient (Wildman–Crippen LogP) is 1.77. The minimum atomic E-state index is -3.66. The van der Waals surface area contributed by atoms with Crippen LogP contribution in [0.5, 0.6) is 5.75 Å². The molecule has 2 amide bonds. The van der Waals surface area contributed by atoms with Crippen molar-refractivity contribution < 1.29 is 22.7 Å². The lowest BCUT2D eigenvalue weighted by Gasteiger charge is -2.36. The number of nitrogens with one attached hydrogen (secondary N) is 1. The Morgan fingerprint density at radius 2 is 1.76 bits per heavy atom. The summed E-state index contributed by atoms with van der Waals surface area (Å²) in [6, 6.07) is 9.11. The van der Waals surface area contributed by atoms with Crippen LogP contribution in [0.4, 0.5) is 0 Å². The molecule has 0 bridgehead atoms. The lowest BCUT2D eigenvalue weighted by Crippen LogP contribution is -2.57. The van der Waals surface area contributed by atoms with Gasteiger partial charge in [0.15, 0.2) is 0 Å². The fourth-order valence-corrected chi connectivity index (χ4v) is 4.99. The first-order chi connectivity index (χ1) is 15.7. The number of sulfonamides is 1. The highest BCUT2D eigenvalue weighted by Crippen LogP contribution is 2.18. The van der Waals surface area contributed by atoms with Crippen molar-refractivity contribution in [3.05, 3.63) is 54.4 Å². The molecule has 10 heteroatoms. The molecule has 2 heterocycles. The highest BCUT2D eigenvalue weighted by atomic mass is 32.2. The number of hydrogen-bond donors (Lipinski definition) is 1. The van der Waals surface area contributed by atoms with Gasteiger partial charge in [-0.1, -0.05) is 13.8 Å². The topological polar surface area (TPSA) is 109 Å². The zero-order chi connectivity index (χ0) is 24.0. The number of nitrogens with zero attached hydrogens (tertiary/aromatic N) is 3. The first-order valence-electron chi connectivity index (χ1n) is 11.0. The molecule has 0 radical (unpaired) electrons. The van der Waals surface area contributed by atoms with Gasteiger partial charge in [0.25, 0.3) is 5.91 Å². The maximum atomic E-state index is 13.2. The molecule has 1 aliphatic heterocycles. The molecule has 1 saturated heterocycles. The molecule has 1 atom stereocenters. The Kier molecular flexibility index (Phi) is 8.04. The fraction of sp³-hybridized carbons (Fsp3) is 0.435. The van der Waals surface area contributed by atoms with Crippen molar-refractivity contribution in [1.29, 1.82) is 0 Å². The van der Waals surface area contributed by atoms with Crippen molar-refractivity contribution in [2.24, 2.45) is 5.92 Å². The largest absolute Gasteiger partial charge is 0.494 e. The smallest absolute Gasteiger partial charge is 0.251 e. The second-order valence-corrected chi connectivity index (χ2v) is 10.0. The second kappa shape index (κ2) is 10.8. The maximum absolute atomic E-state index is 13.2. The van der Waals surface area contributed by atoms with E-state index >= 15 is 0 Å². The number of piperazine rings is 1. The van der Waals surface area contributed by atoms with Gasteiger partial charge in [0, 0.05) is 44.1 Å². The Morgan fingerprint density at radius 1 is 1.09 bits per heavy atom. The highest BCUT2D eigenvalue weighted by molar-refractivity contribution is 7.89. The Hall–Kier alpha value is -2.98. The standard InChI is InChI=1S/C23H30N4O5S/c1-4-32-19-9-7-18(8-10-19)22(28)25-21(17(2)3)23(29)26-12-14-27(15-13-26)33(30,31)20-6-5-11-24-16-20/h5-11,16-17,21H,4,12-15H2,1-3H3,(H,25,28). The summed E-state index contributed by atoms with van der Waals surface area (Å²) in [6.45, 7) is 7.01. The van der Waals surface area contributed by atoms with Gasteiger partial charge in [-0.05, 0) is 49.2 Å². The third-order valence-electron chi connectivity index (χ3n) is 5.47. The van der Waals surface area contributed by atoms with Gasteiger partial charge < -0.3 is 15.0 Å². The van der Waals surface area contributed by atoms with Crippen molar-refractivity contribution in [2.75, 3.05) is 32.8 Å². The molecular weight excluding hydrogens is 444 g/mol. The van der Waals surface area contributed by atoms with Crippen LogP contribution >= 0.6 is 0 Å². The molecule has 2 aromatic rings. The summed E-state index contributed by atoms with van der Waals surface area (Å²) in [7, 11) is -3.66. The number of hydrogen-bond acceptors (Lipinski definition) is 6. The van der Waals surface area contributed by atoms with E-state index in [9.17, 15) is 18.0 Å². The summed E-state index contributed by atoms with van der Waals surface area (Å²) in [5.41, 5.74) is 0.435. The minimum absolute atomic E-state index is 0.132. The molecule has 1 aliphatic rings. The van der Waals surface area contributed by atoms with E-state index in [4.69, 9.17) is 4.74 Å². The number of pyridine rings is 1. The van der Waals surface area contributed by atoms with Crippen LogP contribution < -0.4 is 10.1 Å². The third-order valence-corrected chi connectivity index (χ3v) is 7.35. The first-order valence-corrected chi connectivity index (χ1v) is 12.4. The normalized spacial score (nSPS) is 15.8. The van der Waals surface area contributed by atoms with E-state index in [0.29, 0.717) is 17.9 Å². The van der Waals surface area contributed by atoms with E-state index in [1.54, 1.807) is 35.2 Å². The number of ether oxygens (including phenoxy) is 1. The lowest BCUT2D eigenvalue weighted by atomic mass is 10.0. The Morgan fingerprint density at radius 3 is 2.30 bits per heavy atom. The van der Waals surface area contributed by atoms with Crippen molar-refractivity contribution in [1.82, 2.24) is 19.5 Å². The monoisotopic (exact) mass is 474 g/mol. The third kappa shape index (κ3) is 5.88. The van der Waals surface area contributed by atoms with Crippen molar-refractivity contribution in [3.8, 4) is 5.75 Å². The lowest BCUT2D eigenvalue weighted by molar-refractivity contribution is -0.135. The van der Waals surface area contributed by atoms with Crippen LogP contribution in [-0.2, 0) is 14.8 Å². The molecule has 1 aromatic carbocycles. The Labute approximate surface area is 194 Å². The summed E-state index contributed by atoms with van der Waals surface area (Å²) in [6.07, 6.45) is 2.83. The van der Waals surface area contributed by atoms with Gasteiger partial charge in [-0.25, -0.2) is 8.42 Å². The van der Waals surface area contributed by atoms with Gasteiger partial charge in [-0.3, -0.25) is 14.6 Å². The van der Waals surface area contributed by atoms with E-state index in [-0.39, 0.29) is 48.8 Å². The molecule has 1 unspecified atom stereocenters. The highest BCUT2D eigenvalue weighted by Gasteiger charge is 2.34. The number of aromatic nitrogens is 1. The number of carbonyl (C=O) groups excluding carboxylic acids is 2. The molecule has 33 heavy (non-hydrogen) atoms. The average Bonchev–Trinajstić information content (AvgIpc) is 2.83. The fourth-order valence-electron chi connectivity index (χ4n) is 3.60. The average molecular weight is 475 g/mol. The van der Waals surface area contributed by atoms with Gasteiger partial charge in [0.2, 0.25) is 15.9 Å². The van der Waals surface area contributed by atoms with Gasteiger partial charge in [0.1, 0.15) is 16.7 Å². The van der Waals surface area contributed by atoms with Crippen LogP contribution in [0.15, 0.2) is 53.7 Å². The van der Waals surface area contributed by atoms with Crippen molar-refractivity contribution in [2.45, 2.75) is 31.7 Å². The number of carbonyl (C=O) groups is 2. The molecule has 0 aliphatic carbocycles. The number of benzene rings is 1. The summed E-state index contributed by atoms with van der Waals surface area (Å²) in [5.74, 6) is -0.0310. The molecule has 3 rings (SSSR count). The van der Waals surface area contributed by atoms with E-state index in [2.05, 4.69) is 10.3 Å². The Bertz CT molecular complexity index is 1050. The minimum Gasteiger partial charge on any atom is -0.494 e. The van der Waals surface area contributed by atoms with E-state index < -0.39 is 16.1 Å². The van der Waals surface area contributed by atoms with Crippen molar-refractivity contribution >= 4 is 21.8 Å². The molecular formula is C23H30N4O5S. The van der Waals surface area contributed by atoms with Crippen LogP contribution in [0, 0.1) is 5.92 Å². The van der Waals surface area contributed by atoms with Crippen LogP contribution in [0.1, 0.15) is 31.1 Å². The van der Waals surface area contributed by atoms with Crippen LogP contribution in [-0.4, -0.2) is 73.2 Å². The molecule has 0 spiro atoms. The number of rotatable bonds is 8. The summed E-state index contributed by atoms with van der Waals surface area (Å²) < 4.78 is 32.3. The van der Waals surface area contributed by atoms with E-state index in [1.807, 2.05) is 20.8 Å². The van der Waals surface area contributed by atoms with Gasteiger partial charge in [0.05, 0.1) is 6.61 Å². The first kappa shape index (κ1) is 24.7. The quantitative estimate of drug-likeness (QED) is 0.625. The number of amides is 2.